The van der Waals surface area contributed by atoms with Crippen molar-refractivity contribution in [2.75, 3.05) is 19.0 Å². The van der Waals surface area contributed by atoms with E-state index in [-0.39, 0.29) is 24.6 Å². The number of hydrogen-bond acceptors (Lipinski definition) is 8. The molecule has 196 valence electrons. The molecule has 0 aromatic heterocycles. The van der Waals surface area contributed by atoms with Crippen molar-refractivity contribution in [1.29, 1.82) is 0 Å². The first-order valence-corrected chi connectivity index (χ1v) is 13.0. The van der Waals surface area contributed by atoms with Gasteiger partial charge < -0.3 is 35.2 Å². The van der Waals surface area contributed by atoms with Crippen LogP contribution in [0, 0.1) is 0 Å². The second kappa shape index (κ2) is 12.2. The first-order valence-electron chi connectivity index (χ1n) is 9.82. The second-order valence-electron chi connectivity index (χ2n) is 7.37. The lowest BCUT2D eigenvalue weighted by atomic mass is 9.95. The smallest absolute Gasteiger partial charge is 0.407 e. The number of ether oxygens (including phenoxy) is 2. The van der Waals surface area contributed by atoms with Crippen LogP contribution in [0.2, 0.25) is 0 Å². The van der Waals surface area contributed by atoms with Gasteiger partial charge in [-0.15, -0.1) is 11.8 Å². The second-order valence-corrected chi connectivity index (χ2v) is 11.4. The summed E-state index contributed by atoms with van der Waals surface area (Å²) in [5, 5.41) is 24.5. The Morgan fingerprint density at radius 3 is 2.49 bits per heavy atom. The van der Waals surface area contributed by atoms with Crippen LogP contribution in [0.4, 0.5) is 4.79 Å². The van der Waals surface area contributed by atoms with E-state index in [1.807, 2.05) is 0 Å². The molecule has 2 rings (SSSR count). The minimum Gasteiger partial charge on any atom is -0.480 e. The Kier molecular flexibility index (Phi) is 10.4. The van der Waals surface area contributed by atoms with E-state index in [9.17, 15) is 34.2 Å². The molecule has 0 radical (unpaired) electrons. The summed E-state index contributed by atoms with van der Waals surface area (Å²) in [6.07, 6.45) is -1.48. The molecule has 17 heteroatoms. The van der Waals surface area contributed by atoms with Crippen molar-refractivity contribution in [3.63, 3.8) is 0 Å². The summed E-state index contributed by atoms with van der Waals surface area (Å²) in [4.78, 5) is 61.4. The number of amides is 3. The molecule has 1 saturated heterocycles. The van der Waals surface area contributed by atoms with Gasteiger partial charge in [0.25, 0.3) is 11.6 Å². The highest BCUT2D eigenvalue weighted by molar-refractivity contribution is 9.09. The monoisotopic (exact) mass is 639 g/mol. The van der Waals surface area contributed by atoms with Crippen molar-refractivity contribution in [2.45, 2.75) is 46.2 Å². The summed E-state index contributed by atoms with van der Waals surface area (Å²) in [6.45, 7) is -0.601. The summed E-state index contributed by atoms with van der Waals surface area (Å²) in [5.74, 6) is -3.94. The molecular formula is C18H21BrCl3N3O9S. The summed E-state index contributed by atoms with van der Waals surface area (Å²) < 4.78 is 8.07. The number of carbonyl (C=O) groups is 5. The number of hydrogen-bond donors (Lipinski definition) is 4. The molecule has 3 amide bonds. The van der Waals surface area contributed by atoms with E-state index in [4.69, 9.17) is 39.5 Å². The number of halogens is 4. The minimum absolute atomic E-state index is 0.00837. The minimum atomic E-state index is -1.87. The summed E-state index contributed by atoms with van der Waals surface area (Å²) in [6, 6.07) is -2.59. The number of thioether (sulfide) groups is 1. The fourth-order valence-electron chi connectivity index (χ4n) is 3.40. The van der Waals surface area contributed by atoms with Gasteiger partial charge in [0, 0.05) is 18.9 Å². The van der Waals surface area contributed by atoms with Crippen LogP contribution in [-0.4, -0.2) is 91.0 Å². The SMILES string of the molecule is COC1(NC(=O)CCCC(NC(=O)OCC(Cl)(Cl)Cl)C(=O)O)C(=O)N2C(C(=O)O)C(CBr)=CS[C@H]21. The zero-order valence-electron chi connectivity index (χ0n) is 18.0. The van der Waals surface area contributed by atoms with Crippen molar-refractivity contribution in [1.82, 2.24) is 15.5 Å². The average molecular weight is 642 g/mol. The molecule has 0 saturated carbocycles. The van der Waals surface area contributed by atoms with Crippen molar-refractivity contribution < 1.29 is 43.7 Å². The highest BCUT2D eigenvalue weighted by Gasteiger charge is 2.67. The van der Waals surface area contributed by atoms with Crippen LogP contribution in [0.3, 0.4) is 0 Å². The number of carbonyl (C=O) groups excluding carboxylic acids is 3. The van der Waals surface area contributed by atoms with Gasteiger partial charge in [-0.2, -0.15) is 0 Å². The third-order valence-corrected chi connectivity index (χ3v) is 7.25. The molecule has 0 aliphatic carbocycles. The highest BCUT2D eigenvalue weighted by Crippen LogP contribution is 2.46. The van der Waals surface area contributed by atoms with E-state index in [2.05, 4.69) is 31.3 Å². The zero-order valence-corrected chi connectivity index (χ0v) is 22.6. The molecule has 0 bridgehead atoms. The van der Waals surface area contributed by atoms with Gasteiger partial charge in [-0.1, -0.05) is 50.7 Å². The van der Waals surface area contributed by atoms with E-state index in [1.165, 1.54) is 7.11 Å². The summed E-state index contributed by atoms with van der Waals surface area (Å²) in [5.41, 5.74) is -1.29. The van der Waals surface area contributed by atoms with Crippen LogP contribution >= 0.6 is 62.5 Å². The fourth-order valence-corrected chi connectivity index (χ4v) is 5.56. The third-order valence-electron chi connectivity index (χ3n) is 5.02. The Balaban J connectivity index is 1.94. The largest absolute Gasteiger partial charge is 0.480 e. The number of alkyl carbamates (subject to hydrolysis) is 1. The van der Waals surface area contributed by atoms with Crippen molar-refractivity contribution in [3.8, 4) is 0 Å². The molecule has 0 aromatic rings. The molecule has 0 spiro atoms. The van der Waals surface area contributed by atoms with Crippen LogP contribution in [0.1, 0.15) is 19.3 Å². The maximum absolute atomic E-state index is 12.9. The summed E-state index contributed by atoms with van der Waals surface area (Å²) >= 11 is 20.7. The number of methoxy groups -OCH3 is 1. The van der Waals surface area contributed by atoms with Crippen molar-refractivity contribution >= 4 is 92.3 Å². The number of rotatable bonds is 11. The molecule has 3 unspecified atom stereocenters. The van der Waals surface area contributed by atoms with Gasteiger partial charge >= 0.3 is 18.0 Å². The number of β-lactam (4-membered cyclic amide) rings is 1. The molecule has 4 N–H and O–H groups in total. The van der Waals surface area contributed by atoms with E-state index >= 15 is 0 Å². The van der Waals surface area contributed by atoms with Gasteiger partial charge in [-0.25, -0.2) is 14.4 Å². The Morgan fingerprint density at radius 1 is 1.31 bits per heavy atom. The predicted molar refractivity (Wildman–Crippen MR) is 129 cm³/mol. The van der Waals surface area contributed by atoms with Crippen molar-refractivity contribution in [2.24, 2.45) is 0 Å². The molecular weight excluding hydrogens is 621 g/mol. The lowest BCUT2D eigenvalue weighted by Crippen LogP contribution is -2.82. The normalized spacial score (nSPS) is 24.4. The van der Waals surface area contributed by atoms with Gasteiger partial charge in [0.15, 0.2) is 6.04 Å². The first-order chi connectivity index (χ1) is 16.3. The molecule has 35 heavy (non-hydrogen) atoms. The predicted octanol–water partition coefficient (Wildman–Crippen LogP) is 1.81. The number of alkyl halides is 4. The van der Waals surface area contributed by atoms with Crippen LogP contribution in [0.15, 0.2) is 11.0 Å². The van der Waals surface area contributed by atoms with Crippen LogP contribution in [-0.2, 0) is 28.7 Å². The van der Waals surface area contributed by atoms with Gasteiger partial charge in [-0.3, -0.25) is 9.59 Å². The third kappa shape index (κ3) is 7.07. The van der Waals surface area contributed by atoms with Gasteiger partial charge in [-0.05, 0) is 23.8 Å². The Labute approximate surface area is 227 Å². The highest BCUT2D eigenvalue weighted by atomic mass is 79.9. The van der Waals surface area contributed by atoms with E-state index < -0.39 is 63.4 Å². The number of nitrogens with zero attached hydrogens (tertiary/aromatic N) is 1. The molecule has 4 atom stereocenters. The summed E-state index contributed by atoms with van der Waals surface area (Å²) in [7, 11) is 1.21. The van der Waals surface area contributed by atoms with Crippen molar-refractivity contribution in [3.05, 3.63) is 11.0 Å². The lowest BCUT2D eigenvalue weighted by Gasteiger charge is -2.57. The van der Waals surface area contributed by atoms with Gasteiger partial charge in [0.05, 0.1) is 0 Å². The number of carboxylic acids is 2. The molecule has 0 aromatic carbocycles. The Bertz CT molecular complexity index is 919. The van der Waals surface area contributed by atoms with E-state index in [0.29, 0.717) is 5.57 Å². The molecule has 1 fully saturated rings. The van der Waals surface area contributed by atoms with Crippen LogP contribution < -0.4 is 10.6 Å². The zero-order chi connectivity index (χ0) is 26.6. The maximum Gasteiger partial charge on any atom is 0.407 e. The fraction of sp³-hybridized carbons (Fsp3) is 0.611. The number of nitrogens with one attached hydrogen (secondary N) is 2. The average Bonchev–Trinajstić information content (AvgIpc) is 2.78. The van der Waals surface area contributed by atoms with Crippen LogP contribution in [0.25, 0.3) is 0 Å². The number of fused-ring (bicyclic) bond motifs is 1. The molecule has 2 aliphatic heterocycles. The van der Waals surface area contributed by atoms with E-state index in [0.717, 1.165) is 16.7 Å². The Hall–Kier alpha value is -1.45. The number of aliphatic carboxylic acids is 2. The first kappa shape index (κ1) is 29.8. The molecule has 12 nitrogen and oxygen atoms in total. The van der Waals surface area contributed by atoms with Gasteiger partial charge in [0.1, 0.15) is 18.0 Å². The maximum atomic E-state index is 12.9. The lowest BCUT2D eigenvalue weighted by molar-refractivity contribution is -0.201. The van der Waals surface area contributed by atoms with Gasteiger partial charge in [0.2, 0.25) is 9.70 Å². The quantitative estimate of drug-likeness (QED) is 0.148. The standard InChI is InChI=1S/C18H21BrCl3N3O9S/c1-33-18(14(31)25-11(13(29)30)8(5-19)6-35-15(18)25)24-10(26)4-2-3-9(12(27)28)23-16(32)34-7-17(20,21)22/h6,9,11,15H,2-5,7H2,1H3,(H,23,32)(H,24,26)(H,27,28)(H,29,30)/t9?,11?,15-,18?/m0/s1. The van der Waals surface area contributed by atoms with E-state index in [1.54, 1.807) is 5.41 Å². The molecule has 2 heterocycles. The number of carboxylic acid groups (broad SMARTS) is 2. The molecule has 2 aliphatic rings. The topological polar surface area (TPSA) is 172 Å². The van der Waals surface area contributed by atoms with Crippen LogP contribution in [0.5, 0.6) is 0 Å². The Morgan fingerprint density at radius 2 is 1.97 bits per heavy atom.